The second-order valence-electron chi connectivity index (χ2n) is 13.6. The molecule has 0 bridgehead atoms. The van der Waals surface area contributed by atoms with Gasteiger partial charge in [0.2, 0.25) is 0 Å². The molecule has 0 saturated heterocycles. The average molecular weight is 840 g/mol. The highest BCUT2D eigenvalue weighted by Crippen LogP contribution is 2.35. The molecular formula is C34H25N29. The standard InChI is InChI=1S/C34H25N29/c1-14-25(31-41-17(4)55-61(31)52-14)46-49-28-20(9-35)11-38-58(28)23-8-24(59-30(22(37-7)13-40-59)51-48-27-16(3)54-63-33(27)43-19(6)57-63)45-34(44-23)60-29(21(10-36)12-39-60)50-47-26-15(2)53-62-32(26)42-18(5)56-62/h8,11-13H,1-6H3,(H,41,55)(H,42,56)(H,43,57). The molecule has 10 aromatic heterocycles. The van der Waals surface area contributed by atoms with Crippen LogP contribution in [-0.4, -0.2) is 98.7 Å². The Labute approximate surface area is 349 Å². The van der Waals surface area contributed by atoms with Crippen LogP contribution in [0.5, 0.6) is 0 Å². The molecule has 0 aliphatic carbocycles. The summed E-state index contributed by atoms with van der Waals surface area (Å²) in [5, 5.41) is 86.4. The lowest BCUT2D eigenvalue weighted by molar-refractivity contribution is 0.746. The lowest BCUT2D eigenvalue weighted by Crippen LogP contribution is -2.11. The molecule has 0 unspecified atom stereocenters. The molecule has 0 saturated carbocycles. The third-order valence-electron chi connectivity index (χ3n) is 9.29. The summed E-state index contributed by atoms with van der Waals surface area (Å²) in [6.45, 7) is 18.5. The predicted molar refractivity (Wildman–Crippen MR) is 212 cm³/mol. The number of H-pyrrole nitrogens is 3. The Hall–Kier alpha value is -9.98. The Kier molecular flexibility index (Phi) is 8.34. The maximum atomic E-state index is 10.2. The minimum atomic E-state index is -0.170. The lowest BCUT2D eigenvalue weighted by atomic mass is 10.3. The monoisotopic (exact) mass is 839 g/mol. The number of nitriles is 2. The summed E-state index contributed by atoms with van der Waals surface area (Å²) < 4.78 is 7.88. The zero-order valence-electron chi connectivity index (χ0n) is 33.4. The van der Waals surface area contributed by atoms with E-state index in [1.165, 1.54) is 52.6 Å². The van der Waals surface area contributed by atoms with E-state index in [0.29, 0.717) is 68.6 Å². The molecule has 0 aliphatic heterocycles. The fraction of sp³-hybridized carbons (Fsp3) is 0.176. The minimum Gasteiger partial charge on any atom is -0.324 e. The van der Waals surface area contributed by atoms with Gasteiger partial charge >= 0.3 is 0 Å². The van der Waals surface area contributed by atoms with Crippen molar-refractivity contribution in [1.82, 2.24) is 98.7 Å². The maximum Gasteiger partial charge on any atom is 0.256 e. The summed E-state index contributed by atoms with van der Waals surface area (Å²) in [5.74, 6) is 1.58. The van der Waals surface area contributed by atoms with Crippen molar-refractivity contribution in [1.29, 1.82) is 10.5 Å². The van der Waals surface area contributed by atoms with Gasteiger partial charge in [0.25, 0.3) is 11.6 Å². The van der Waals surface area contributed by atoms with E-state index in [9.17, 15) is 10.5 Å². The number of azo groups is 3. The summed E-state index contributed by atoms with van der Waals surface area (Å²) in [6.07, 6.45) is 3.86. The van der Waals surface area contributed by atoms with E-state index in [0.717, 1.165) is 0 Å². The van der Waals surface area contributed by atoms with E-state index in [1.807, 2.05) is 0 Å². The van der Waals surface area contributed by atoms with Gasteiger partial charge in [0.05, 0.1) is 42.2 Å². The van der Waals surface area contributed by atoms with Crippen molar-refractivity contribution in [2.75, 3.05) is 0 Å². The second kappa shape index (κ2) is 14.1. The number of nitrogens with one attached hydrogen (secondary N) is 3. The SMILES string of the molecule is [C-]#[N+]c1cnn(-c2cc(-n3ncc(C#N)c3N=Nc3c(C)nn4nc(C)[nH]c34)nc(-n3ncc(C#N)c3N=Nc3c(C)nn4nc(C)[nH]c34)n2)c1N=Nc1c(C)nn2nc(C)[nH]c12. The zero-order valence-corrected chi connectivity index (χ0v) is 33.4. The zero-order chi connectivity index (χ0) is 43.7. The second-order valence-corrected chi connectivity index (χ2v) is 13.6. The van der Waals surface area contributed by atoms with E-state index >= 15 is 0 Å². The van der Waals surface area contributed by atoms with Crippen molar-refractivity contribution in [3.05, 3.63) is 81.8 Å². The fourth-order valence-electron chi connectivity index (χ4n) is 6.47. The molecule has 3 N–H and O–H groups in total. The Morgan fingerprint density at radius 3 is 1.38 bits per heavy atom. The molecule has 0 fully saturated rings. The highest BCUT2D eigenvalue weighted by Gasteiger charge is 2.24. The Morgan fingerprint density at radius 2 is 0.937 bits per heavy atom. The molecule has 29 heteroatoms. The number of hydrogen-bond acceptors (Lipinski definition) is 19. The summed E-state index contributed by atoms with van der Waals surface area (Å²) in [6, 6.07) is 5.64. The number of aryl methyl sites for hydroxylation is 6. The largest absolute Gasteiger partial charge is 0.324 e. The summed E-state index contributed by atoms with van der Waals surface area (Å²) in [5.41, 5.74) is 4.20. The minimum absolute atomic E-state index is 0.0159. The van der Waals surface area contributed by atoms with Crippen LogP contribution >= 0.6 is 0 Å². The summed E-state index contributed by atoms with van der Waals surface area (Å²) in [4.78, 5) is 22.5. The number of hydrogen-bond donors (Lipinski definition) is 3. The molecule has 306 valence electrons. The number of aromatic amines is 3. The number of fused-ring (bicyclic) bond motifs is 3. The van der Waals surface area contributed by atoms with Crippen LogP contribution < -0.4 is 0 Å². The third kappa shape index (κ3) is 6.10. The van der Waals surface area contributed by atoms with Crippen molar-refractivity contribution in [3.63, 3.8) is 0 Å². The van der Waals surface area contributed by atoms with Crippen LogP contribution in [0.4, 0.5) is 40.2 Å². The molecule has 63 heavy (non-hydrogen) atoms. The van der Waals surface area contributed by atoms with Gasteiger partial charge in [-0.3, -0.25) is 0 Å². The highest BCUT2D eigenvalue weighted by atomic mass is 15.5. The van der Waals surface area contributed by atoms with E-state index in [1.54, 1.807) is 41.5 Å². The van der Waals surface area contributed by atoms with Crippen LogP contribution in [0.1, 0.15) is 45.7 Å². The Balaban J connectivity index is 1.16. The van der Waals surface area contributed by atoms with Crippen LogP contribution in [0.3, 0.4) is 0 Å². The first-order chi connectivity index (χ1) is 30.5. The smallest absolute Gasteiger partial charge is 0.256 e. The van der Waals surface area contributed by atoms with Crippen LogP contribution in [-0.2, 0) is 0 Å². The van der Waals surface area contributed by atoms with Crippen molar-refractivity contribution in [3.8, 4) is 29.7 Å². The van der Waals surface area contributed by atoms with Gasteiger partial charge in [-0.05, 0) is 41.5 Å². The average Bonchev–Trinajstić information content (AvgIpc) is 4.14. The third-order valence-corrected chi connectivity index (χ3v) is 9.29. The normalized spacial score (nSPS) is 12.0. The van der Waals surface area contributed by atoms with E-state index < -0.39 is 0 Å². The Bertz CT molecular complexity index is 3300. The fourth-order valence-corrected chi connectivity index (χ4v) is 6.47. The molecule has 0 atom stereocenters. The van der Waals surface area contributed by atoms with E-state index in [4.69, 9.17) is 16.5 Å². The molecular weight excluding hydrogens is 815 g/mol. The highest BCUT2D eigenvalue weighted by molar-refractivity contribution is 5.69. The molecule has 0 aliphatic rings. The molecule has 0 aromatic carbocycles. The molecule has 0 amide bonds. The maximum absolute atomic E-state index is 10.2. The van der Waals surface area contributed by atoms with Gasteiger partial charge in [-0.2, -0.15) is 60.4 Å². The van der Waals surface area contributed by atoms with Gasteiger partial charge in [-0.1, -0.05) is 0 Å². The van der Waals surface area contributed by atoms with Crippen molar-refractivity contribution < 1.29 is 0 Å². The molecule has 10 heterocycles. The van der Waals surface area contributed by atoms with Crippen LogP contribution in [0.2, 0.25) is 0 Å². The van der Waals surface area contributed by atoms with Gasteiger partial charge in [0, 0.05) is 6.07 Å². The number of nitrogens with zero attached hydrogens (tertiary/aromatic N) is 26. The number of aromatic nitrogens is 20. The quantitative estimate of drug-likeness (QED) is 0.119. The van der Waals surface area contributed by atoms with Gasteiger partial charge in [0.15, 0.2) is 63.1 Å². The van der Waals surface area contributed by atoms with Crippen LogP contribution in [0, 0.1) is 70.8 Å². The molecule has 0 radical (unpaired) electrons. The van der Waals surface area contributed by atoms with Gasteiger partial charge in [-0.15, -0.1) is 59.9 Å². The molecule has 10 rings (SSSR count). The van der Waals surface area contributed by atoms with Gasteiger partial charge in [0.1, 0.15) is 40.7 Å². The topological polar surface area (TPSA) is 343 Å². The molecule has 29 nitrogen and oxygen atoms in total. The van der Waals surface area contributed by atoms with Gasteiger partial charge < -0.3 is 15.0 Å². The van der Waals surface area contributed by atoms with Crippen molar-refractivity contribution in [2.45, 2.75) is 41.5 Å². The van der Waals surface area contributed by atoms with Crippen LogP contribution in [0.15, 0.2) is 55.3 Å². The first kappa shape index (κ1) is 37.3. The van der Waals surface area contributed by atoms with E-state index in [-0.39, 0.29) is 51.9 Å². The first-order valence-corrected chi connectivity index (χ1v) is 18.4. The summed E-state index contributed by atoms with van der Waals surface area (Å²) >= 11 is 0. The lowest BCUT2D eigenvalue weighted by Gasteiger charge is -2.11. The summed E-state index contributed by atoms with van der Waals surface area (Å²) in [7, 11) is 0. The first-order valence-electron chi connectivity index (χ1n) is 18.4. The Morgan fingerprint density at radius 1 is 0.540 bits per heavy atom. The van der Waals surface area contributed by atoms with Crippen molar-refractivity contribution in [2.24, 2.45) is 30.7 Å². The predicted octanol–water partition coefficient (Wildman–Crippen LogP) is 5.54. The molecule has 0 spiro atoms. The van der Waals surface area contributed by atoms with Crippen LogP contribution in [0.25, 0.3) is 39.4 Å². The van der Waals surface area contributed by atoms with E-state index in [2.05, 4.69) is 109 Å². The van der Waals surface area contributed by atoms with Crippen molar-refractivity contribution >= 4 is 57.1 Å². The molecule has 10 aromatic rings. The number of rotatable bonds is 9. The van der Waals surface area contributed by atoms with Gasteiger partial charge in [-0.25, -0.2) is 9.53 Å².